The van der Waals surface area contributed by atoms with Gasteiger partial charge in [-0.15, -0.1) is 0 Å². The molecule has 0 radical (unpaired) electrons. The lowest BCUT2D eigenvalue weighted by Crippen LogP contribution is -2.31. The average molecular weight is 264 g/mol. The monoisotopic (exact) mass is 263 g/mol. The van der Waals surface area contributed by atoms with Crippen LogP contribution >= 0.6 is 11.6 Å². The predicted molar refractivity (Wildman–Crippen MR) is 71.0 cm³/mol. The van der Waals surface area contributed by atoms with Gasteiger partial charge in [-0.25, -0.2) is 4.98 Å². The highest BCUT2D eigenvalue weighted by molar-refractivity contribution is 6.36. The second-order valence-electron chi connectivity index (χ2n) is 4.61. The van der Waals surface area contributed by atoms with Crippen molar-refractivity contribution in [1.82, 2.24) is 15.3 Å². The van der Waals surface area contributed by atoms with Gasteiger partial charge in [0.1, 0.15) is 5.65 Å². The number of ketones is 1. The molecule has 0 atom stereocenters. The smallest absolute Gasteiger partial charge is 0.168 e. The van der Waals surface area contributed by atoms with E-state index in [4.69, 9.17) is 11.6 Å². The second-order valence-corrected chi connectivity index (χ2v) is 5.01. The molecule has 0 spiro atoms. The largest absolute Gasteiger partial charge is 0.345 e. The minimum atomic E-state index is 0.0986. The lowest BCUT2D eigenvalue weighted by molar-refractivity contribution is 0.0897. The number of hydrogen-bond acceptors (Lipinski definition) is 3. The number of Topliss-reactive ketones (excluding diaryl/α,β-unsaturated/α-hetero) is 1. The number of hydrogen-bond donors (Lipinski definition) is 2. The van der Waals surface area contributed by atoms with Crippen LogP contribution in [0.1, 0.15) is 23.2 Å². The second kappa shape index (κ2) is 4.71. The van der Waals surface area contributed by atoms with Gasteiger partial charge in [-0.2, -0.15) is 0 Å². The summed E-state index contributed by atoms with van der Waals surface area (Å²) >= 11 is 6.16. The molecule has 1 fully saturated rings. The topological polar surface area (TPSA) is 57.8 Å². The first-order chi connectivity index (χ1) is 8.77. The summed E-state index contributed by atoms with van der Waals surface area (Å²) in [6.45, 7) is 1.81. The van der Waals surface area contributed by atoms with Gasteiger partial charge in [0.15, 0.2) is 5.78 Å². The molecule has 3 heterocycles. The number of aromatic nitrogens is 2. The van der Waals surface area contributed by atoms with Gasteiger partial charge in [-0.3, -0.25) is 4.79 Å². The molecule has 5 heteroatoms. The van der Waals surface area contributed by atoms with Crippen LogP contribution < -0.4 is 5.32 Å². The lowest BCUT2D eigenvalue weighted by Gasteiger charge is -2.21. The summed E-state index contributed by atoms with van der Waals surface area (Å²) < 4.78 is 0. The Morgan fingerprint density at radius 3 is 2.94 bits per heavy atom. The Kier molecular flexibility index (Phi) is 3.06. The SMILES string of the molecule is O=C(c1c[nH]c2nccc(Cl)c12)C1CCNCC1. The fraction of sp³-hybridized carbons (Fsp3) is 0.385. The molecule has 0 saturated carbocycles. The van der Waals surface area contributed by atoms with Crippen molar-refractivity contribution in [1.29, 1.82) is 0 Å². The summed E-state index contributed by atoms with van der Waals surface area (Å²) in [4.78, 5) is 19.7. The number of piperidine rings is 1. The number of H-pyrrole nitrogens is 1. The number of halogens is 1. The Labute approximate surface area is 110 Å². The van der Waals surface area contributed by atoms with E-state index in [0.717, 1.165) is 31.3 Å². The minimum Gasteiger partial charge on any atom is -0.345 e. The first-order valence-corrected chi connectivity index (χ1v) is 6.51. The third-order valence-corrected chi connectivity index (χ3v) is 3.81. The Morgan fingerprint density at radius 1 is 1.39 bits per heavy atom. The van der Waals surface area contributed by atoms with Crippen molar-refractivity contribution < 1.29 is 4.79 Å². The lowest BCUT2D eigenvalue weighted by atomic mass is 9.90. The molecule has 0 bridgehead atoms. The molecule has 4 nitrogen and oxygen atoms in total. The fourth-order valence-corrected chi connectivity index (χ4v) is 2.76. The third kappa shape index (κ3) is 1.91. The number of rotatable bonds is 2. The van der Waals surface area contributed by atoms with Gasteiger partial charge in [0, 0.05) is 29.3 Å². The third-order valence-electron chi connectivity index (χ3n) is 3.50. The van der Waals surface area contributed by atoms with Gasteiger partial charge < -0.3 is 10.3 Å². The molecule has 1 aliphatic heterocycles. The number of carbonyl (C=O) groups excluding carboxylic acids is 1. The maximum atomic E-state index is 12.5. The van der Waals surface area contributed by atoms with Crippen LogP contribution in [-0.4, -0.2) is 28.8 Å². The first kappa shape index (κ1) is 11.7. The van der Waals surface area contributed by atoms with Crippen molar-refractivity contribution in [3.05, 3.63) is 29.0 Å². The summed E-state index contributed by atoms with van der Waals surface area (Å²) in [5.74, 6) is 0.277. The number of fused-ring (bicyclic) bond motifs is 1. The van der Waals surface area contributed by atoms with Gasteiger partial charge in [-0.05, 0) is 32.0 Å². The summed E-state index contributed by atoms with van der Waals surface area (Å²) in [5, 5.41) is 4.60. The molecule has 3 rings (SSSR count). The molecule has 94 valence electrons. The molecule has 0 aliphatic carbocycles. The number of nitrogens with zero attached hydrogens (tertiary/aromatic N) is 1. The van der Waals surface area contributed by atoms with Crippen LogP contribution in [0.15, 0.2) is 18.5 Å². The maximum Gasteiger partial charge on any atom is 0.168 e. The van der Waals surface area contributed by atoms with E-state index in [1.807, 2.05) is 0 Å². The highest BCUT2D eigenvalue weighted by atomic mass is 35.5. The Hall–Kier alpha value is -1.39. The molecule has 2 aromatic rings. The van der Waals surface area contributed by atoms with E-state index in [-0.39, 0.29) is 11.7 Å². The van der Waals surface area contributed by atoms with E-state index >= 15 is 0 Å². The molecule has 2 N–H and O–H groups in total. The molecular weight excluding hydrogens is 250 g/mol. The zero-order chi connectivity index (χ0) is 12.5. The number of pyridine rings is 1. The molecule has 18 heavy (non-hydrogen) atoms. The van der Waals surface area contributed by atoms with Crippen molar-refractivity contribution >= 4 is 28.4 Å². The summed E-state index contributed by atoms with van der Waals surface area (Å²) in [7, 11) is 0. The van der Waals surface area contributed by atoms with Gasteiger partial charge in [0.05, 0.1) is 5.02 Å². The predicted octanol–water partition coefficient (Wildman–Crippen LogP) is 2.40. The van der Waals surface area contributed by atoms with Crippen molar-refractivity contribution in [3.8, 4) is 0 Å². The fourth-order valence-electron chi connectivity index (χ4n) is 2.51. The Balaban J connectivity index is 2.01. The van der Waals surface area contributed by atoms with Gasteiger partial charge in [0.2, 0.25) is 0 Å². The number of aromatic amines is 1. The normalized spacial score (nSPS) is 17.2. The average Bonchev–Trinajstić information content (AvgIpc) is 2.84. The molecule has 0 amide bonds. The standard InChI is InChI=1S/C13H14ClN3O/c14-10-3-6-16-13-11(10)9(7-17-13)12(18)8-1-4-15-5-2-8/h3,6-8,15H,1-2,4-5H2,(H,16,17). The zero-order valence-corrected chi connectivity index (χ0v) is 10.6. The van der Waals surface area contributed by atoms with E-state index in [1.54, 1.807) is 18.5 Å². The van der Waals surface area contributed by atoms with E-state index in [2.05, 4.69) is 15.3 Å². The van der Waals surface area contributed by atoms with Crippen LogP contribution in [0.3, 0.4) is 0 Å². The van der Waals surface area contributed by atoms with Crippen molar-refractivity contribution in [2.24, 2.45) is 5.92 Å². The van der Waals surface area contributed by atoms with Crippen LogP contribution in [0.2, 0.25) is 5.02 Å². The highest BCUT2D eigenvalue weighted by Gasteiger charge is 2.25. The van der Waals surface area contributed by atoms with Crippen LogP contribution in [0.5, 0.6) is 0 Å². The quantitative estimate of drug-likeness (QED) is 0.818. The van der Waals surface area contributed by atoms with Gasteiger partial charge >= 0.3 is 0 Å². The summed E-state index contributed by atoms with van der Waals surface area (Å²) in [6.07, 6.45) is 5.15. The van der Waals surface area contributed by atoms with Crippen molar-refractivity contribution in [2.75, 3.05) is 13.1 Å². The number of nitrogens with one attached hydrogen (secondary N) is 2. The van der Waals surface area contributed by atoms with Gasteiger partial charge in [-0.1, -0.05) is 11.6 Å². The summed E-state index contributed by atoms with van der Waals surface area (Å²) in [6, 6.07) is 1.72. The molecule has 0 aromatic carbocycles. The molecular formula is C13H14ClN3O. The van der Waals surface area contributed by atoms with E-state index in [0.29, 0.717) is 16.2 Å². The Morgan fingerprint density at radius 2 is 2.17 bits per heavy atom. The van der Waals surface area contributed by atoms with Crippen LogP contribution in [0, 0.1) is 5.92 Å². The van der Waals surface area contributed by atoms with Crippen molar-refractivity contribution in [2.45, 2.75) is 12.8 Å². The molecule has 1 aliphatic rings. The van der Waals surface area contributed by atoms with Crippen LogP contribution in [-0.2, 0) is 0 Å². The molecule has 0 unspecified atom stereocenters. The van der Waals surface area contributed by atoms with Crippen LogP contribution in [0.25, 0.3) is 11.0 Å². The van der Waals surface area contributed by atoms with E-state index in [1.165, 1.54) is 0 Å². The van der Waals surface area contributed by atoms with E-state index < -0.39 is 0 Å². The summed E-state index contributed by atoms with van der Waals surface area (Å²) in [5.41, 5.74) is 1.36. The Bertz CT molecular complexity index is 587. The zero-order valence-electron chi connectivity index (χ0n) is 9.87. The van der Waals surface area contributed by atoms with Crippen LogP contribution in [0.4, 0.5) is 0 Å². The number of carbonyl (C=O) groups is 1. The first-order valence-electron chi connectivity index (χ1n) is 6.14. The molecule has 2 aromatic heterocycles. The van der Waals surface area contributed by atoms with Crippen molar-refractivity contribution in [3.63, 3.8) is 0 Å². The van der Waals surface area contributed by atoms with Gasteiger partial charge in [0.25, 0.3) is 0 Å². The maximum absolute atomic E-state index is 12.5. The van der Waals surface area contributed by atoms with E-state index in [9.17, 15) is 4.79 Å². The minimum absolute atomic E-state index is 0.0986. The highest BCUT2D eigenvalue weighted by Crippen LogP contribution is 2.28. The molecule has 1 saturated heterocycles.